The van der Waals surface area contributed by atoms with Crippen LogP contribution in [0.2, 0.25) is 5.02 Å². The molecule has 8 nitrogen and oxygen atoms in total. The summed E-state index contributed by atoms with van der Waals surface area (Å²) < 4.78 is 20.9. The molecule has 2 amide bonds. The van der Waals surface area contributed by atoms with E-state index in [1.54, 1.807) is 0 Å². The molecule has 1 aromatic rings. The van der Waals surface area contributed by atoms with Crippen LogP contribution in [0.5, 0.6) is 0 Å². The van der Waals surface area contributed by atoms with Crippen molar-refractivity contribution in [3.05, 3.63) is 21.4 Å². The second kappa shape index (κ2) is 8.49. The number of nitrogens with zero attached hydrogens (tertiary/aromatic N) is 3. The number of carbonyl (C=O) groups excluding carboxylic acids is 1. The van der Waals surface area contributed by atoms with Gasteiger partial charge in [-0.1, -0.05) is 11.6 Å². The minimum atomic E-state index is -1.02. The number of rotatable bonds is 5. The number of likely N-dealkylation sites (N-methyl/N-ethyl adjacent to an activating group) is 1. The molecule has 0 radical (unpaired) electrons. The van der Waals surface area contributed by atoms with Gasteiger partial charge >= 0.3 is 6.09 Å². The van der Waals surface area contributed by atoms with Gasteiger partial charge in [0.25, 0.3) is 5.91 Å². The van der Waals surface area contributed by atoms with E-state index in [1.165, 1.54) is 15.9 Å². The van der Waals surface area contributed by atoms with Crippen LogP contribution in [0.4, 0.5) is 20.6 Å². The van der Waals surface area contributed by atoms with E-state index in [2.05, 4.69) is 26.1 Å². The van der Waals surface area contributed by atoms with Crippen LogP contribution < -0.4 is 10.2 Å². The van der Waals surface area contributed by atoms with Crippen molar-refractivity contribution in [1.29, 1.82) is 0 Å². The number of carbonyl (C=O) groups is 2. The van der Waals surface area contributed by atoms with E-state index in [9.17, 15) is 14.0 Å². The largest absolute Gasteiger partial charge is 0.465 e. The molecule has 0 aliphatic carbocycles. The van der Waals surface area contributed by atoms with Gasteiger partial charge in [-0.15, -0.1) is 0 Å². The molecule has 3 aliphatic heterocycles. The Hall–Kier alpha value is -1.62. The zero-order valence-electron chi connectivity index (χ0n) is 16.4. The Morgan fingerprint density at radius 1 is 1.47 bits per heavy atom. The molecule has 2 fully saturated rings. The summed E-state index contributed by atoms with van der Waals surface area (Å²) in [5, 5.41) is 12.1. The second-order valence-electron chi connectivity index (χ2n) is 8.02. The summed E-state index contributed by atoms with van der Waals surface area (Å²) in [4.78, 5) is 29.1. The van der Waals surface area contributed by atoms with Crippen LogP contribution >= 0.6 is 27.5 Å². The molecule has 2 saturated heterocycles. The number of halogens is 3. The van der Waals surface area contributed by atoms with E-state index in [4.69, 9.17) is 21.4 Å². The first-order valence-electron chi connectivity index (χ1n) is 9.81. The Kier molecular flexibility index (Phi) is 6.11. The molecule has 4 rings (SSSR count). The molecule has 3 aliphatic rings. The van der Waals surface area contributed by atoms with Crippen molar-refractivity contribution >= 4 is 50.9 Å². The Labute approximate surface area is 187 Å². The predicted octanol–water partition coefficient (Wildman–Crippen LogP) is 3.05. The van der Waals surface area contributed by atoms with Crippen LogP contribution in [0.1, 0.15) is 12.8 Å². The molecule has 2 atom stereocenters. The van der Waals surface area contributed by atoms with E-state index in [1.807, 2.05) is 7.05 Å². The molecule has 2 N–H and O–H groups in total. The minimum Gasteiger partial charge on any atom is -0.465 e. The Morgan fingerprint density at radius 2 is 2.20 bits per heavy atom. The third-order valence-electron chi connectivity index (χ3n) is 5.99. The van der Waals surface area contributed by atoms with Gasteiger partial charge in [-0.25, -0.2) is 9.18 Å². The van der Waals surface area contributed by atoms with Gasteiger partial charge in [0.15, 0.2) is 5.82 Å². The number of amides is 2. The van der Waals surface area contributed by atoms with Gasteiger partial charge in [0.1, 0.15) is 0 Å². The lowest BCUT2D eigenvalue weighted by Gasteiger charge is -2.42. The third kappa shape index (κ3) is 3.98. The SMILES string of the molecule is CN1CCC[C@H]1CO[C@@H]1Nc2c(cc(Cl)c(Br)c2F)N(CC2CN(C(=O)O)C2)C1=O. The van der Waals surface area contributed by atoms with Gasteiger partial charge in [0.05, 0.1) is 27.5 Å². The molecular weight excluding hydrogens is 483 g/mol. The Morgan fingerprint density at radius 3 is 2.83 bits per heavy atom. The topological polar surface area (TPSA) is 85.3 Å². The average Bonchev–Trinajstić information content (AvgIpc) is 3.07. The lowest BCUT2D eigenvalue weighted by Crippen LogP contribution is -2.57. The number of carboxylic acid groups (broad SMARTS) is 1. The second-order valence-corrected chi connectivity index (χ2v) is 9.22. The van der Waals surface area contributed by atoms with Crippen molar-refractivity contribution in [2.75, 3.05) is 50.1 Å². The fourth-order valence-electron chi connectivity index (χ4n) is 4.18. The number of ether oxygens (including phenoxy) is 1. The number of anilines is 2. The lowest BCUT2D eigenvalue weighted by atomic mass is 9.99. The number of hydrogen-bond acceptors (Lipinski definition) is 5. The summed E-state index contributed by atoms with van der Waals surface area (Å²) in [6.07, 6.45) is 0.0520. The molecule has 0 bridgehead atoms. The maximum Gasteiger partial charge on any atom is 0.407 e. The van der Waals surface area contributed by atoms with Gasteiger partial charge in [-0.3, -0.25) is 4.79 Å². The first-order valence-corrected chi connectivity index (χ1v) is 11.0. The normalized spacial score (nSPS) is 24.6. The monoisotopic (exact) mass is 504 g/mol. The quantitative estimate of drug-likeness (QED) is 0.599. The first kappa shape index (κ1) is 21.6. The lowest BCUT2D eigenvalue weighted by molar-refractivity contribution is -0.129. The average molecular weight is 506 g/mol. The number of nitrogens with one attached hydrogen (secondary N) is 1. The molecule has 1 aromatic carbocycles. The molecule has 11 heteroatoms. The van der Waals surface area contributed by atoms with Crippen molar-refractivity contribution in [3.8, 4) is 0 Å². The number of likely N-dealkylation sites (tertiary alicyclic amines) is 2. The van der Waals surface area contributed by atoms with Crippen molar-refractivity contribution in [2.45, 2.75) is 25.1 Å². The molecule has 0 unspecified atom stereocenters. The molecule has 0 saturated carbocycles. The van der Waals surface area contributed by atoms with Gasteiger partial charge < -0.3 is 29.9 Å². The van der Waals surface area contributed by atoms with Crippen LogP contribution in [0, 0.1) is 11.7 Å². The van der Waals surface area contributed by atoms with Crippen LogP contribution in [-0.4, -0.2) is 79.0 Å². The summed E-state index contributed by atoms with van der Waals surface area (Å²) in [5.74, 6) is -0.972. The van der Waals surface area contributed by atoms with Crippen molar-refractivity contribution < 1.29 is 23.8 Å². The highest BCUT2D eigenvalue weighted by Crippen LogP contribution is 2.42. The van der Waals surface area contributed by atoms with Crippen LogP contribution in [-0.2, 0) is 9.53 Å². The summed E-state index contributed by atoms with van der Waals surface area (Å²) in [7, 11) is 2.02. The highest BCUT2D eigenvalue weighted by molar-refractivity contribution is 9.10. The fraction of sp³-hybridized carbons (Fsp3) is 0.579. The molecule has 164 valence electrons. The summed E-state index contributed by atoms with van der Waals surface area (Å²) >= 11 is 9.28. The standard InChI is InChI=1S/C19H23BrClFN4O4/c1-24-4-2-3-11(24)9-30-17-18(27)26(8-10-6-25(7-10)19(28)29)13-5-12(21)14(20)15(22)16(13)23-17/h5,10-11,17,23H,2-4,6-9H2,1H3,(H,28,29)/t11-,17-/m0/s1. The minimum absolute atomic E-state index is 0.0388. The molecule has 30 heavy (non-hydrogen) atoms. The molecule has 0 aromatic heterocycles. The molecule has 0 spiro atoms. The highest BCUT2D eigenvalue weighted by Gasteiger charge is 2.40. The first-order chi connectivity index (χ1) is 14.3. The van der Waals surface area contributed by atoms with E-state index in [0.29, 0.717) is 25.4 Å². The number of fused-ring (bicyclic) bond motifs is 1. The Bertz CT molecular complexity index is 869. The smallest absolute Gasteiger partial charge is 0.407 e. The zero-order chi connectivity index (χ0) is 21.6. The van der Waals surface area contributed by atoms with E-state index in [0.717, 1.165) is 19.4 Å². The summed E-state index contributed by atoms with van der Waals surface area (Å²) in [5.41, 5.74) is 0.474. The van der Waals surface area contributed by atoms with Crippen molar-refractivity contribution in [2.24, 2.45) is 5.92 Å². The van der Waals surface area contributed by atoms with Crippen molar-refractivity contribution in [3.63, 3.8) is 0 Å². The predicted molar refractivity (Wildman–Crippen MR) is 114 cm³/mol. The van der Waals surface area contributed by atoms with Gasteiger partial charge in [0.2, 0.25) is 6.23 Å². The number of hydrogen-bond donors (Lipinski definition) is 2. The van der Waals surface area contributed by atoms with Gasteiger partial charge in [-0.2, -0.15) is 0 Å². The van der Waals surface area contributed by atoms with Crippen molar-refractivity contribution in [1.82, 2.24) is 9.80 Å². The van der Waals surface area contributed by atoms with Gasteiger partial charge in [0, 0.05) is 31.6 Å². The highest BCUT2D eigenvalue weighted by atomic mass is 79.9. The molecule has 3 heterocycles. The Balaban J connectivity index is 1.55. The maximum atomic E-state index is 14.9. The van der Waals surface area contributed by atoms with Gasteiger partial charge in [-0.05, 0) is 48.4 Å². The van der Waals surface area contributed by atoms with E-state index >= 15 is 0 Å². The summed E-state index contributed by atoms with van der Waals surface area (Å²) in [6.45, 7) is 2.25. The summed E-state index contributed by atoms with van der Waals surface area (Å²) in [6, 6.07) is 1.75. The van der Waals surface area contributed by atoms with E-state index < -0.39 is 18.1 Å². The van der Waals surface area contributed by atoms with E-state index in [-0.39, 0.29) is 39.6 Å². The number of benzene rings is 1. The van der Waals surface area contributed by atoms with Crippen LogP contribution in [0.3, 0.4) is 0 Å². The fourth-order valence-corrected chi connectivity index (χ4v) is 4.68. The maximum absolute atomic E-state index is 14.9. The van der Waals surface area contributed by atoms with Crippen LogP contribution in [0.25, 0.3) is 0 Å². The molecular formula is C19H23BrClFN4O4. The van der Waals surface area contributed by atoms with Crippen LogP contribution in [0.15, 0.2) is 10.5 Å². The third-order valence-corrected chi connectivity index (χ3v) is 7.29. The zero-order valence-corrected chi connectivity index (χ0v) is 18.7.